The van der Waals surface area contributed by atoms with E-state index in [4.69, 9.17) is 10.5 Å². The van der Waals surface area contributed by atoms with E-state index >= 15 is 0 Å². The van der Waals surface area contributed by atoms with Crippen LogP contribution in [0.5, 0.6) is 5.75 Å². The van der Waals surface area contributed by atoms with Crippen molar-refractivity contribution in [2.45, 2.75) is 0 Å². The van der Waals surface area contributed by atoms with E-state index in [1.165, 1.54) is 0 Å². The molecule has 19 heavy (non-hydrogen) atoms. The number of hydrogen-bond acceptors (Lipinski definition) is 4. The summed E-state index contributed by atoms with van der Waals surface area (Å²) in [5.74, 6) is 0.766. The van der Waals surface area contributed by atoms with Crippen LogP contribution in [-0.4, -0.2) is 16.9 Å². The molecule has 0 spiro atoms. The van der Waals surface area contributed by atoms with E-state index in [1.54, 1.807) is 23.1 Å². The highest BCUT2D eigenvalue weighted by molar-refractivity contribution is 7.13. The average molecular weight is 271 g/mol. The molecule has 4 nitrogen and oxygen atoms in total. The zero-order valence-electron chi connectivity index (χ0n) is 10.4. The minimum Gasteiger partial charge on any atom is -0.494 e. The Morgan fingerprint density at radius 2 is 2.05 bits per heavy atom. The summed E-state index contributed by atoms with van der Waals surface area (Å²) < 4.78 is 7.09. The highest BCUT2D eigenvalue weighted by Gasteiger charge is 2.12. The molecule has 0 fully saturated rings. The topological polar surface area (TPSA) is 53.1 Å². The molecule has 0 aliphatic rings. The van der Waals surface area contributed by atoms with Crippen LogP contribution in [0.15, 0.2) is 48.0 Å². The van der Waals surface area contributed by atoms with Crippen molar-refractivity contribution in [1.29, 1.82) is 0 Å². The van der Waals surface area contributed by atoms with E-state index in [2.05, 4.69) is 5.10 Å². The van der Waals surface area contributed by atoms with E-state index in [9.17, 15) is 0 Å². The molecule has 0 unspecified atom stereocenters. The third-order valence-corrected chi connectivity index (χ3v) is 3.71. The van der Waals surface area contributed by atoms with E-state index in [0.29, 0.717) is 5.69 Å². The Labute approximate surface area is 115 Å². The van der Waals surface area contributed by atoms with Crippen molar-refractivity contribution in [2.24, 2.45) is 0 Å². The molecule has 0 radical (unpaired) electrons. The van der Waals surface area contributed by atoms with Crippen molar-refractivity contribution in [2.75, 3.05) is 12.8 Å². The van der Waals surface area contributed by atoms with Crippen LogP contribution in [0.1, 0.15) is 0 Å². The summed E-state index contributed by atoms with van der Waals surface area (Å²) in [6.45, 7) is 0. The molecule has 2 heterocycles. The molecule has 0 saturated heterocycles. The normalized spacial score (nSPS) is 10.6. The molecule has 1 aromatic carbocycles. The van der Waals surface area contributed by atoms with Gasteiger partial charge in [-0.15, -0.1) is 11.3 Å². The summed E-state index contributed by atoms with van der Waals surface area (Å²) in [5, 5.41) is 6.56. The number of hydrogen-bond donors (Lipinski definition) is 1. The molecule has 0 saturated carbocycles. The molecular weight excluding hydrogens is 258 g/mol. The summed E-state index contributed by atoms with van der Waals surface area (Å²) in [6, 6.07) is 11.7. The van der Waals surface area contributed by atoms with Gasteiger partial charge < -0.3 is 10.5 Å². The molecule has 0 aliphatic carbocycles. The molecule has 2 aromatic heterocycles. The summed E-state index contributed by atoms with van der Waals surface area (Å²) >= 11 is 1.62. The number of methoxy groups -OCH3 is 1. The maximum atomic E-state index is 6.04. The number of ether oxygens (including phenoxy) is 1. The van der Waals surface area contributed by atoms with Gasteiger partial charge >= 0.3 is 0 Å². The predicted octanol–water partition coefficient (Wildman–Crippen LogP) is 3.19. The Bertz CT molecular complexity index is 689. The smallest absolute Gasteiger partial charge is 0.144 e. The van der Waals surface area contributed by atoms with E-state index in [-0.39, 0.29) is 0 Å². The number of benzene rings is 1. The largest absolute Gasteiger partial charge is 0.494 e. The molecule has 5 heteroatoms. The van der Waals surface area contributed by atoms with Gasteiger partial charge in [0.1, 0.15) is 17.1 Å². The Kier molecular flexibility index (Phi) is 2.97. The van der Waals surface area contributed by atoms with E-state index in [0.717, 1.165) is 22.0 Å². The fourth-order valence-electron chi connectivity index (χ4n) is 1.93. The molecule has 3 aromatic rings. The van der Waals surface area contributed by atoms with Crippen molar-refractivity contribution >= 4 is 17.0 Å². The lowest BCUT2D eigenvalue weighted by Crippen LogP contribution is -1.98. The number of nitrogen functional groups attached to an aromatic ring is 1. The van der Waals surface area contributed by atoms with Crippen LogP contribution < -0.4 is 10.5 Å². The van der Waals surface area contributed by atoms with E-state index in [1.807, 2.05) is 48.0 Å². The molecule has 0 amide bonds. The number of thiophene rings is 1. The monoisotopic (exact) mass is 271 g/mol. The Morgan fingerprint density at radius 1 is 1.21 bits per heavy atom. The summed E-state index contributed by atoms with van der Waals surface area (Å²) in [5.41, 5.74) is 8.39. The third kappa shape index (κ3) is 2.08. The predicted molar refractivity (Wildman–Crippen MR) is 77.8 cm³/mol. The van der Waals surface area contributed by atoms with Crippen molar-refractivity contribution in [3.8, 4) is 22.0 Å². The van der Waals surface area contributed by atoms with Gasteiger partial charge in [-0.1, -0.05) is 18.2 Å². The first-order valence-electron chi connectivity index (χ1n) is 5.82. The second-order valence-electron chi connectivity index (χ2n) is 4.03. The Hall–Kier alpha value is -2.27. The van der Waals surface area contributed by atoms with Crippen LogP contribution in [0.4, 0.5) is 5.69 Å². The minimum atomic E-state index is 0.661. The lowest BCUT2D eigenvalue weighted by molar-refractivity contribution is 0.412. The maximum Gasteiger partial charge on any atom is 0.144 e. The number of nitrogens with two attached hydrogens (primary N) is 1. The Morgan fingerprint density at radius 3 is 2.79 bits per heavy atom. The minimum absolute atomic E-state index is 0.661. The first-order chi connectivity index (χ1) is 9.29. The maximum absolute atomic E-state index is 6.04. The molecule has 0 aliphatic heterocycles. The van der Waals surface area contributed by atoms with Crippen molar-refractivity contribution in [1.82, 2.24) is 9.78 Å². The van der Waals surface area contributed by atoms with Crippen LogP contribution >= 0.6 is 11.3 Å². The number of nitrogens with zero attached hydrogens (tertiary/aromatic N) is 2. The van der Waals surface area contributed by atoms with Gasteiger partial charge in [-0.25, -0.2) is 4.68 Å². The van der Waals surface area contributed by atoms with Gasteiger partial charge in [-0.2, -0.15) is 5.10 Å². The van der Waals surface area contributed by atoms with Crippen molar-refractivity contribution in [3.05, 3.63) is 48.0 Å². The Balaban J connectivity index is 2.10. The van der Waals surface area contributed by atoms with Crippen LogP contribution in [0, 0.1) is 0 Å². The fraction of sp³-hybridized carbons (Fsp3) is 0.0714. The van der Waals surface area contributed by atoms with E-state index < -0.39 is 0 Å². The number of anilines is 1. The standard InChI is InChI=1S/C14H13N3OS/c1-18-12-6-3-2-5-11(12)17-9-10(15)14(16-17)13-7-4-8-19-13/h2-9H,15H2,1H3. The SMILES string of the molecule is COc1ccccc1-n1cc(N)c(-c2cccs2)n1. The van der Waals surface area contributed by atoms with Crippen LogP contribution in [0.3, 0.4) is 0 Å². The first-order valence-corrected chi connectivity index (χ1v) is 6.70. The number of rotatable bonds is 3. The zero-order chi connectivity index (χ0) is 13.2. The molecule has 0 atom stereocenters. The van der Waals surface area contributed by atoms with Gasteiger partial charge in [0, 0.05) is 0 Å². The van der Waals surface area contributed by atoms with Crippen molar-refractivity contribution in [3.63, 3.8) is 0 Å². The molecule has 3 rings (SSSR count). The van der Waals surface area contributed by atoms with Gasteiger partial charge in [0.05, 0.1) is 23.9 Å². The van der Waals surface area contributed by atoms with Gasteiger partial charge in [0.25, 0.3) is 0 Å². The zero-order valence-corrected chi connectivity index (χ0v) is 11.2. The van der Waals surface area contributed by atoms with Gasteiger partial charge in [0.2, 0.25) is 0 Å². The fourth-order valence-corrected chi connectivity index (χ4v) is 2.67. The second-order valence-corrected chi connectivity index (χ2v) is 4.97. The average Bonchev–Trinajstić information content (AvgIpc) is 3.07. The third-order valence-electron chi connectivity index (χ3n) is 2.83. The quantitative estimate of drug-likeness (QED) is 0.796. The second kappa shape index (κ2) is 4.78. The number of para-hydroxylation sites is 2. The molecule has 96 valence electrons. The molecule has 0 bridgehead atoms. The van der Waals surface area contributed by atoms with Gasteiger partial charge in [-0.05, 0) is 23.6 Å². The summed E-state index contributed by atoms with van der Waals surface area (Å²) in [7, 11) is 1.64. The number of aromatic nitrogens is 2. The van der Waals surface area contributed by atoms with Crippen LogP contribution in [0.2, 0.25) is 0 Å². The summed E-state index contributed by atoms with van der Waals surface area (Å²) in [4.78, 5) is 1.06. The summed E-state index contributed by atoms with van der Waals surface area (Å²) in [6.07, 6.45) is 1.81. The van der Waals surface area contributed by atoms with Crippen LogP contribution in [0.25, 0.3) is 16.3 Å². The first kappa shape index (κ1) is 11.8. The lowest BCUT2D eigenvalue weighted by atomic mass is 10.3. The molecule has 2 N–H and O–H groups in total. The molecular formula is C14H13N3OS. The van der Waals surface area contributed by atoms with Crippen molar-refractivity contribution < 1.29 is 4.74 Å². The highest BCUT2D eigenvalue weighted by atomic mass is 32.1. The van der Waals surface area contributed by atoms with Crippen LogP contribution in [-0.2, 0) is 0 Å². The van der Waals surface area contributed by atoms with Gasteiger partial charge in [0.15, 0.2) is 0 Å². The highest BCUT2D eigenvalue weighted by Crippen LogP contribution is 2.30. The lowest BCUT2D eigenvalue weighted by Gasteiger charge is -2.07. The van der Waals surface area contributed by atoms with Gasteiger partial charge in [-0.3, -0.25) is 0 Å².